The third-order valence-corrected chi connectivity index (χ3v) is 2.91. The summed E-state index contributed by atoms with van der Waals surface area (Å²) in [6.07, 6.45) is 6.23. The van der Waals surface area contributed by atoms with Crippen LogP contribution in [0.25, 0.3) is 0 Å². The first-order valence-corrected chi connectivity index (χ1v) is 5.69. The van der Waals surface area contributed by atoms with Crippen LogP contribution in [0.4, 0.5) is 5.69 Å². The van der Waals surface area contributed by atoms with Gasteiger partial charge in [-0.1, -0.05) is 0 Å². The lowest BCUT2D eigenvalue weighted by atomic mass is 10.1. The monoisotopic (exact) mass is 291 g/mol. The van der Waals surface area contributed by atoms with Crippen molar-refractivity contribution < 1.29 is 4.79 Å². The molecule has 2 rings (SSSR count). The van der Waals surface area contributed by atoms with Crippen LogP contribution in [0.1, 0.15) is 24.8 Å². The molecule has 1 aliphatic heterocycles. The molecule has 1 atom stereocenters. The van der Waals surface area contributed by atoms with Crippen molar-refractivity contribution in [3.05, 3.63) is 24.0 Å². The SMILES string of the molecule is Cc1ccncc1NC(=O)CC1CCCN1.Cl.Cl. The van der Waals surface area contributed by atoms with Crippen LogP contribution in [-0.4, -0.2) is 23.5 Å². The number of hydrogen-bond donors (Lipinski definition) is 2. The zero-order chi connectivity index (χ0) is 11.4. The molecule has 4 nitrogen and oxygen atoms in total. The van der Waals surface area contributed by atoms with Crippen molar-refractivity contribution in [1.29, 1.82) is 0 Å². The lowest BCUT2D eigenvalue weighted by Gasteiger charge is -2.11. The van der Waals surface area contributed by atoms with Gasteiger partial charge in [0.05, 0.1) is 11.9 Å². The molecule has 0 bridgehead atoms. The highest BCUT2D eigenvalue weighted by Crippen LogP contribution is 2.14. The molecule has 1 saturated heterocycles. The van der Waals surface area contributed by atoms with Crippen molar-refractivity contribution in [2.24, 2.45) is 0 Å². The Morgan fingerprint density at radius 3 is 2.94 bits per heavy atom. The van der Waals surface area contributed by atoms with E-state index in [2.05, 4.69) is 15.6 Å². The van der Waals surface area contributed by atoms with Crippen LogP contribution >= 0.6 is 24.8 Å². The van der Waals surface area contributed by atoms with Gasteiger partial charge in [-0.25, -0.2) is 0 Å². The number of carbonyl (C=O) groups is 1. The standard InChI is InChI=1S/C12H17N3O.2ClH/c1-9-4-6-13-8-11(9)15-12(16)7-10-3-2-5-14-10;;/h4,6,8,10,14H,2-3,5,7H2,1H3,(H,15,16);2*1H. The fourth-order valence-corrected chi connectivity index (χ4v) is 1.95. The van der Waals surface area contributed by atoms with Gasteiger partial charge in [-0.15, -0.1) is 24.8 Å². The number of pyridine rings is 1. The number of nitrogens with one attached hydrogen (secondary N) is 2. The molecule has 1 aromatic heterocycles. The minimum Gasteiger partial charge on any atom is -0.324 e. The lowest BCUT2D eigenvalue weighted by Crippen LogP contribution is -2.27. The molecule has 0 aromatic carbocycles. The predicted molar refractivity (Wildman–Crippen MR) is 77.7 cm³/mol. The second-order valence-corrected chi connectivity index (χ2v) is 4.24. The van der Waals surface area contributed by atoms with Crippen molar-refractivity contribution in [3.8, 4) is 0 Å². The number of aryl methyl sites for hydroxylation is 1. The van der Waals surface area contributed by atoms with E-state index in [4.69, 9.17) is 0 Å². The summed E-state index contributed by atoms with van der Waals surface area (Å²) in [7, 11) is 0. The van der Waals surface area contributed by atoms with Gasteiger partial charge in [0.25, 0.3) is 0 Å². The van der Waals surface area contributed by atoms with Gasteiger partial charge >= 0.3 is 0 Å². The second-order valence-electron chi connectivity index (χ2n) is 4.24. The number of amides is 1. The molecular weight excluding hydrogens is 273 g/mol. The van der Waals surface area contributed by atoms with E-state index in [0.29, 0.717) is 12.5 Å². The average molecular weight is 292 g/mol. The Morgan fingerprint density at radius 1 is 1.56 bits per heavy atom. The Morgan fingerprint density at radius 2 is 2.33 bits per heavy atom. The van der Waals surface area contributed by atoms with Crippen molar-refractivity contribution in [3.63, 3.8) is 0 Å². The summed E-state index contributed by atoms with van der Waals surface area (Å²) in [6, 6.07) is 2.24. The van der Waals surface area contributed by atoms with E-state index >= 15 is 0 Å². The van der Waals surface area contributed by atoms with Crippen LogP contribution in [-0.2, 0) is 4.79 Å². The largest absolute Gasteiger partial charge is 0.324 e. The Bertz CT molecular complexity index is 381. The summed E-state index contributed by atoms with van der Waals surface area (Å²) in [6.45, 7) is 3.00. The number of hydrogen-bond acceptors (Lipinski definition) is 3. The Hall–Kier alpha value is -0.840. The Labute approximate surface area is 120 Å². The van der Waals surface area contributed by atoms with E-state index in [1.54, 1.807) is 12.4 Å². The molecular formula is C12H19Cl2N3O. The number of aromatic nitrogens is 1. The summed E-state index contributed by atoms with van der Waals surface area (Å²) in [5.74, 6) is 0.0653. The Balaban J connectivity index is 0.00000144. The van der Waals surface area contributed by atoms with Gasteiger partial charge in [-0.2, -0.15) is 0 Å². The Kier molecular flexibility index (Phi) is 7.91. The van der Waals surface area contributed by atoms with Crippen molar-refractivity contribution >= 4 is 36.4 Å². The number of nitrogens with zero attached hydrogens (tertiary/aromatic N) is 1. The third-order valence-electron chi connectivity index (χ3n) is 2.91. The first kappa shape index (κ1) is 17.2. The van der Waals surface area contributed by atoms with Crippen LogP contribution in [0.3, 0.4) is 0 Å². The van der Waals surface area contributed by atoms with E-state index in [9.17, 15) is 4.79 Å². The minimum absolute atomic E-state index is 0. The molecule has 2 N–H and O–H groups in total. The van der Waals surface area contributed by atoms with Crippen LogP contribution in [0.5, 0.6) is 0 Å². The molecule has 18 heavy (non-hydrogen) atoms. The molecule has 1 fully saturated rings. The molecule has 0 saturated carbocycles. The molecule has 0 spiro atoms. The molecule has 102 valence electrons. The maximum Gasteiger partial charge on any atom is 0.225 e. The molecule has 0 radical (unpaired) electrons. The maximum absolute atomic E-state index is 11.7. The quantitative estimate of drug-likeness (QED) is 0.899. The first-order valence-electron chi connectivity index (χ1n) is 5.69. The zero-order valence-electron chi connectivity index (χ0n) is 10.3. The van der Waals surface area contributed by atoms with Crippen LogP contribution in [0.2, 0.25) is 0 Å². The van der Waals surface area contributed by atoms with Gasteiger partial charge in [0, 0.05) is 18.7 Å². The summed E-state index contributed by atoms with van der Waals surface area (Å²) < 4.78 is 0. The molecule has 1 aliphatic rings. The maximum atomic E-state index is 11.7. The summed E-state index contributed by atoms with van der Waals surface area (Å²) in [5, 5.41) is 6.21. The number of halogens is 2. The normalized spacial score (nSPS) is 17.5. The van der Waals surface area contributed by atoms with Crippen molar-refractivity contribution in [2.45, 2.75) is 32.2 Å². The number of rotatable bonds is 3. The van der Waals surface area contributed by atoms with Crippen LogP contribution in [0, 0.1) is 6.92 Å². The highest BCUT2D eigenvalue weighted by Gasteiger charge is 2.17. The van der Waals surface area contributed by atoms with Gasteiger partial charge < -0.3 is 10.6 Å². The average Bonchev–Trinajstić information content (AvgIpc) is 2.74. The lowest BCUT2D eigenvalue weighted by molar-refractivity contribution is -0.116. The van der Waals surface area contributed by atoms with Crippen LogP contribution < -0.4 is 10.6 Å². The highest BCUT2D eigenvalue weighted by molar-refractivity contribution is 5.91. The zero-order valence-corrected chi connectivity index (χ0v) is 11.9. The molecule has 1 amide bonds. The van der Waals surface area contributed by atoms with Crippen molar-refractivity contribution in [1.82, 2.24) is 10.3 Å². The molecule has 2 heterocycles. The summed E-state index contributed by atoms with van der Waals surface area (Å²) >= 11 is 0. The molecule has 1 unspecified atom stereocenters. The van der Waals surface area contributed by atoms with E-state index in [0.717, 1.165) is 24.2 Å². The summed E-state index contributed by atoms with van der Waals surface area (Å²) in [4.78, 5) is 15.7. The third kappa shape index (κ3) is 4.80. The van der Waals surface area contributed by atoms with Gasteiger partial charge in [-0.05, 0) is 37.9 Å². The van der Waals surface area contributed by atoms with Crippen molar-refractivity contribution in [2.75, 3.05) is 11.9 Å². The fraction of sp³-hybridized carbons (Fsp3) is 0.500. The number of anilines is 1. The van der Waals surface area contributed by atoms with E-state index < -0.39 is 0 Å². The second kappa shape index (κ2) is 8.29. The van der Waals surface area contributed by atoms with Gasteiger partial charge in [0.2, 0.25) is 5.91 Å². The highest BCUT2D eigenvalue weighted by atomic mass is 35.5. The van der Waals surface area contributed by atoms with Gasteiger partial charge in [0.15, 0.2) is 0 Å². The minimum atomic E-state index is 0. The van der Waals surface area contributed by atoms with Gasteiger partial charge in [-0.3, -0.25) is 9.78 Å². The summed E-state index contributed by atoms with van der Waals surface area (Å²) in [5.41, 5.74) is 1.85. The smallest absolute Gasteiger partial charge is 0.225 e. The predicted octanol–water partition coefficient (Wildman–Crippen LogP) is 2.31. The first-order chi connectivity index (χ1) is 7.75. The van der Waals surface area contributed by atoms with E-state index in [1.165, 1.54) is 6.42 Å². The van der Waals surface area contributed by atoms with E-state index in [-0.39, 0.29) is 30.7 Å². The fourth-order valence-electron chi connectivity index (χ4n) is 1.95. The molecule has 6 heteroatoms. The van der Waals surface area contributed by atoms with Crippen LogP contribution in [0.15, 0.2) is 18.5 Å². The van der Waals surface area contributed by atoms with E-state index in [1.807, 2.05) is 13.0 Å². The van der Waals surface area contributed by atoms with Gasteiger partial charge in [0.1, 0.15) is 0 Å². The molecule has 0 aliphatic carbocycles. The number of carbonyl (C=O) groups excluding carboxylic acids is 1. The topological polar surface area (TPSA) is 54.0 Å². The molecule has 1 aromatic rings.